The van der Waals surface area contributed by atoms with Crippen LogP contribution in [0.2, 0.25) is 0 Å². The topological polar surface area (TPSA) is 33.1 Å². The molecule has 0 saturated carbocycles. The summed E-state index contributed by atoms with van der Waals surface area (Å²) in [6, 6.07) is 8.16. The van der Waals surface area contributed by atoms with E-state index >= 15 is 0 Å². The van der Waals surface area contributed by atoms with E-state index in [1.165, 1.54) is 5.56 Å². The summed E-state index contributed by atoms with van der Waals surface area (Å²) >= 11 is 8.98. The number of anilines is 1. The Morgan fingerprint density at radius 3 is 2.86 bits per heavy atom. The van der Waals surface area contributed by atoms with Crippen LogP contribution in [0.4, 0.5) is 5.69 Å². The standard InChI is InChI=1S/C15H19BrN4S/c1-4-20-9-13(16)14(18-20)10-19(3)15(21)17-12-7-5-6-11(2)8-12/h5-9H,4,10H2,1-3H3,(H,17,21). The van der Waals surface area contributed by atoms with Crippen LogP contribution >= 0.6 is 28.1 Å². The maximum atomic E-state index is 5.44. The van der Waals surface area contributed by atoms with E-state index in [1.54, 1.807) is 0 Å². The number of benzene rings is 1. The average molecular weight is 367 g/mol. The average Bonchev–Trinajstić information content (AvgIpc) is 2.79. The third-order valence-corrected chi connectivity index (χ3v) is 4.19. The van der Waals surface area contributed by atoms with Crippen LogP contribution in [0.1, 0.15) is 18.2 Å². The summed E-state index contributed by atoms with van der Waals surface area (Å²) < 4.78 is 2.92. The van der Waals surface area contributed by atoms with Gasteiger partial charge < -0.3 is 10.2 Å². The van der Waals surface area contributed by atoms with Crippen molar-refractivity contribution < 1.29 is 0 Å². The van der Waals surface area contributed by atoms with Gasteiger partial charge in [-0.3, -0.25) is 4.68 Å². The summed E-state index contributed by atoms with van der Waals surface area (Å²) in [5.41, 5.74) is 3.19. The molecule has 1 aromatic carbocycles. The molecular weight excluding hydrogens is 348 g/mol. The second kappa shape index (κ2) is 7.04. The number of rotatable bonds is 4. The summed E-state index contributed by atoms with van der Waals surface area (Å²) in [6.07, 6.45) is 1.99. The quantitative estimate of drug-likeness (QED) is 0.834. The molecule has 0 aliphatic heterocycles. The van der Waals surface area contributed by atoms with E-state index in [0.717, 1.165) is 22.4 Å². The van der Waals surface area contributed by atoms with Gasteiger partial charge >= 0.3 is 0 Å². The van der Waals surface area contributed by atoms with Gasteiger partial charge in [-0.25, -0.2) is 0 Å². The van der Waals surface area contributed by atoms with Crippen LogP contribution in [-0.2, 0) is 13.1 Å². The van der Waals surface area contributed by atoms with Crippen LogP contribution in [0.5, 0.6) is 0 Å². The zero-order chi connectivity index (χ0) is 15.4. The molecule has 1 aromatic heterocycles. The fourth-order valence-electron chi connectivity index (χ4n) is 1.94. The molecule has 0 radical (unpaired) electrons. The Labute approximate surface area is 139 Å². The molecule has 0 amide bonds. The monoisotopic (exact) mass is 366 g/mol. The summed E-state index contributed by atoms with van der Waals surface area (Å²) in [5, 5.41) is 8.44. The van der Waals surface area contributed by atoms with Crippen molar-refractivity contribution in [3.8, 4) is 0 Å². The van der Waals surface area contributed by atoms with Crippen molar-refractivity contribution in [1.29, 1.82) is 0 Å². The van der Waals surface area contributed by atoms with Gasteiger partial charge in [0.25, 0.3) is 0 Å². The Bertz CT molecular complexity index is 638. The van der Waals surface area contributed by atoms with E-state index in [0.29, 0.717) is 11.7 Å². The molecular formula is C15H19BrN4S. The zero-order valence-electron chi connectivity index (χ0n) is 12.4. The lowest BCUT2D eigenvalue weighted by Gasteiger charge is -2.20. The molecule has 0 atom stereocenters. The maximum absolute atomic E-state index is 5.44. The zero-order valence-corrected chi connectivity index (χ0v) is 14.8. The fraction of sp³-hybridized carbons (Fsp3) is 0.333. The highest BCUT2D eigenvalue weighted by Crippen LogP contribution is 2.17. The molecule has 1 N–H and O–H groups in total. The van der Waals surface area contributed by atoms with Crippen molar-refractivity contribution in [2.75, 3.05) is 12.4 Å². The lowest BCUT2D eigenvalue weighted by atomic mass is 10.2. The minimum atomic E-state index is 0.658. The van der Waals surface area contributed by atoms with E-state index in [4.69, 9.17) is 12.2 Å². The molecule has 2 rings (SSSR count). The van der Waals surface area contributed by atoms with Gasteiger partial charge in [0.05, 0.1) is 16.7 Å². The molecule has 0 unspecified atom stereocenters. The van der Waals surface area contributed by atoms with Crippen molar-refractivity contribution in [2.24, 2.45) is 0 Å². The first-order chi connectivity index (χ1) is 9.99. The Kier molecular flexibility index (Phi) is 5.36. The molecule has 112 valence electrons. The van der Waals surface area contributed by atoms with Gasteiger partial charge in [0.1, 0.15) is 0 Å². The number of aryl methyl sites for hydroxylation is 2. The van der Waals surface area contributed by atoms with Gasteiger partial charge in [0, 0.05) is 25.5 Å². The number of aromatic nitrogens is 2. The van der Waals surface area contributed by atoms with Crippen LogP contribution < -0.4 is 5.32 Å². The normalized spacial score (nSPS) is 10.5. The number of hydrogen-bond donors (Lipinski definition) is 1. The molecule has 4 nitrogen and oxygen atoms in total. The predicted molar refractivity (Wildman–Crippen MR) is 94.5 cm³/mol. The molecule has 1 heterocycles. The number of nitrogens with one attached hydrogen (secondary N) is 1. The van der Waals surface area contributed by atoms with Crippen molar-refractivity contribution >= 4 is 38.9 Å². The Hall–Kier alpha value is -1.40. The fourth-order valence-corrected chi connectivity index (χ4v) is 2.57. The smallest absolute Gasteiger partial charge is 0.173 e. The minimum absolute atomic E-state index is 0.658. The largest absolute Gasteiger partial charge is 0.346 e. The van der Waals surface area contributed by atoms with Crippen molar-refractivity contribution in [3.05, 3.63) is 46.2 Å². The van der Waals surface area contributed by atoms with E-state index in [2.05, 4.69) is 52.3 Å². The van der Waals surface area contributed by atoms with E-state index < -0.39 is 0 Å². The molecule has 0 saturated heterocycles. The van der Waals surface area contributed by atoms with Crippen LogP contribution in [0.15, 0.2) is 34.9 Å². The molecule has 6 heteroatoms. The summed E-state index contributed by atoms with van der Waals surface area (Å²) in [4.78, 5) is 1.98. The Balaban J connectivity index is 2.00. The molecule has 0 aliphatic rings. The molecule has 0 bridgehead atoms. The van der Waals surface area contributed by atoms with Gasteiger partial charge in [0.15, 0.2) is 5.11 Å². The highest BCUT2D eigenvalue weighted by Gasteiger charge is 2.11. The Morgan fingerprint density at radius 1 is 1.48 bits per heavy atom. The molecule has 0 aliphatic carbocycles. The minimum Gasteiger partial charge on any atom is -0.346 e. The lowest BCUT2D eigenvalue weighted by Crippen LogP contribution is -2.30. The summed E-state index contributed by atoms with van der Waals surface area (Å²) in [6.45, 7) is 5.64. The van der Waals surface area contributed by atoms with Crippen LogP contribution in [0.25, 0.3) is 0 Å². The van der Waals surface area contributed by atoms with Crippen LogP contribution in [0.3, 0.4) is 0 Å². The molecule has 2 aromatic rings. The highest BCUT2D eigenvalue weighted by atomic mass is 79.9. The SMILES string of the molecule is CCn1cc(Br)c(CN(C)C(=S)Nc2cccc(C)c2)n1. The molecule has 0 spiro atoms. The van der Waals surface area contributed by atoms with Crippen LogP contribution in [-0.4, -0.2) is 26.8 Å². The second-order valence-electron chi connectivity index (χ2n) is 4.94. The third kappa shape index (κ3) is 4.28. The lowest BCUT2D eigenvalue weighted by molar-refractivity contribution is 0.491. The summed E-state index contributed by atoms with van der Waals surface area (Å²) in [7, 11) is 1.96. The maximum Gasteiger partial charge on any atom is 0.173 e. The first-order valence-electron chi connectivity index (χ1n) is 6.80. The number of halogens is 1. The van der Waals surface area contributed by atoms with Gasteiger partial charge in [-0.15, -0.1) is 0 Å². The van der Waals surface area contributed by atoms with Gasteiger partial charge in [-0.05, 0) is 59.7 Å². The van der Waals surface area contributed by atoms with E-state index in [-0.39, 0.29) is 0 Å². The summed E-state index contributed by atoms with van der Waals surface area (Å²) in [5.74, 6) is 0. The molecule has 21 heavy (non-hydrogen) atoms. The van der Waals surface area contributed by atoms with Gasteiger partial charge in [0.2, 0.25) is 0 Å². The van der Waals surface area contributed by atoms with Crippen molar-refractivity contribution in [1.82, 2.24) is 14.7 Å². The first kappa shape index (κ1) is 16.0. The predicted octanol–water partition coefficient (Wildman–Crippen LogP) is 3.80. The highest BCUT2D eigenvalue weighted by molar-refractivity contribution is 9.10. The number of hydrogen-bond acceptors (Lipinski definition) is 2. The van der Waals surface area contributed by atoms with Gasteiger partial charge in [-0.1, -0.05) is 12.1 Å². The second-order valence-corrected chi connectivity index (χ2v) is 6.18. The van der Waals surface area contributed by atoms with Crippen LogP contribution in [0, 0.1) is 6.92 Å². The number of thiocarbonyl (C=S) groups is 1. The Morgan fingerprint density at radius 2 is 2.24 bits per heavy atom. The number of nitrogens with zero attached hydrogens (tertiary/aromatic N) is 3. The van der Waals surface area contributed by atoms with E-state index in [1.807, 2.05) is 35.0 Å². The van der Waals surface area contributed by atoms with Gasteiger partial charge in [-0.2, -0.15) is 5.10 Å². The van der Waals surface area contributed by atoms with Crippen molar-refractivity contribution in [2.45, 2.75) is 26.9 Å². The van der Waals surface area contributed by atoms with E-state index in [9.17, 15) is 0 Å². The third-order valence-electron chi connectivity index (χ3n) is 3.11. The van der Waals surface area contributed by atoms with Crippen molar-refractivity contribution in [3.63, 3.8) is 0 Å². The molecule has 0 fully saturated rings. The first-order valence-corrected chi connectivity index (χ1v) is 8.00.